The lowest BCUT2D eigenvalue weighted by Crippen LogP contribution is -2.41. The topological polar surface area (TPSA) is 87.8 Å². The Morgan fingerprint density at radius 3 is 2.44 bits per heavy atom. The number of sulfonamides is 1. The van der Waals surface area contributed by atoms with Gasteiger partial charge in [-0.3, -0.25) is 4.31 Å². The van der Waals surface area contributed by atoms with E-state index in [4.69, 9.17) is 5.73 Å². The molecule has 0 radical (unpaired) electrons. The highest BCUT2D eigenvalue weighted by Crippen LogP contribution is 2.24. The second-order valence-corrected chi connectivity index (χ2v) is 8.60. The molecule has 0 unspecified atom stereocenters. The van der Waals surface area contributed by atoms with Crippen LogP contribution in [0.3, 0.4) is 0 Å². The summed E-state index contributed by atoms with van der Waals surface area (Å²) in [6.45, 7) is 1.07. The van der Waals surface area contributed by atoms with Crippen LogP contribution < -0.4 is 15.4 Å². The summed E-state index contributed by atoms with van der Waals surface area (Å²) in [5, 5.41) is 3.30. The number of nitrogens with one attached hydrogen (secondary N) is 1. The van der Waals surface area contributed by atoms with Gasteiger partial charge in [-0.25, -0.2) is 13.4 Å². The Hall–Kier alpha value is -1.03. The minimum Gasteiger partial charge on any atom is -0.370 e. The maximum atomic E-state index is 11.9. The second kappa shape index (κ2) is 9.07. The van der Waals surface area contributed by atoms with Gasteiger partial charge in [0.1, 0.15) is 0 Å². The van der Waals surface area contributed by atoms with Crippen molar-refractivity contribution in [1.82, 2.24) is 5.32 Å². The van der Waals surface area contributed by atoms with Crippen LogP contribution in [0.2, 0.25) is 0 Å². The normalized spacial score (nSPS) is 21.0. The van der Waals surface area contributed by atoms with E-state index >= 15 is 0 Å². The number of anilines is 1. The number of benzene rings is 1. The maximum absolute atomic E-state index is 11.9. The molecular weight excluding hydrogens is 451 g/mol. The van der Waals surface area contributed by atoms with Crippen LogP contribution in [0.5, 0.6) is 0 Å². The van der Waals surface area contributed by atoms with Gasteiger partial charge in [0.05, 0.1) is 18.0 Å². The molecule has 25 heavy (non-hydrogen) atoms. The lowest BCUT2D eigenvalue weighted by atomic mass is 9.96. The fraction of sp³-hybridized carbons (Fsp3) is 0.588. The third-order valence-corrected chi connectivity index (χ3v) is 6.58. The lowest BCUT2D eigenvalue weighted by Gasteiger charge is -2.23. The van der Waals surface area contributed by atoms with Gasteiger partial charge in [-0.1, -0.05) is 31.4 Å². The van der Waals surface area contributed by atoms with Crippen LogP contribution in [0.25, 0.3) is 0 Å². The van der Waals surface area contributed by atoms with Crippen molar-refractivity contribution in [3.8, 4) is 0 Å². The highest BCUT2D eigenvalue weighted by atomic mass is 127. The molecule has 1 saturated heterocycles. The predicted molar refractivity (Wildman–Crippen MR) is 113 cm³/mol. The SMILES string of the molecule is I.NC(=NCc1ccc(N2CCCS2(=O)=O)cc1)NC1CCCCC1. The van der Waals surface area contributed by atoms with Crippen LogP contribution in [0, 0.1) is 0 Å². The Bertz CT molecular complexity index is 685. The molecule has 3 N–H and O–H groups in total. The van der Waals surface area contributed by atoms with E-state index in [2.05, 4.69) is 10.3 Å². The Kier molecular flexibility index (Phi) is 7.36. The number of hydrogen-bond donors (Lipinski definition) is 2. The molecule has 0 bridgehead atoms. The zero-order chi connectivity index (χ0) is 17.0. The van der Waals surface area contributed by atoms with Crippen LogP contribution in [0.4, 0.5) is 5.69 Å². The summed E-state index contributed by atoms with van der Waals surface area (Å²) in [7, 11) is -3.12. The molecule has 1 aliphatic carbocycles. The Labute approximate surface area is 167 Å². The van der Waals surface area contributed by atoms with Crippen LogP contribution in [-0.2, 0) is 16.6 Å². The summed E-state index contributed by atoms with van der Waals surface area (Å²) >= 11 is 0. The Balaban J connectivity index is 0.00000225. The third-order valence-electron chi connectivity index (χ3n) is 4.71. The smallest absolute Gasteiger partial charge is 0.235 e. The van der Waals surface area contributed by atoms with Gasteiger partial charge < -0.3 is 11.1 Å². The third kappa shape index (κ3) is 5.47. The number of nitrogens with two attached hydrogens (primary N) is 1. The molecular formula is C17H27IN4O2S. The second-order valence-electron chi connectivity index (χ2n) is 6.59. The predicted octanol–water partition coefficient (Wildman–Crippen LogP) is 2.58. The van der Waals surface area contributed by atoms with E-state index in [1.165, 1.54) is 23.6 Å². The van der Waals surface area contributed by atoms with Crippen LogP contribution in [-0.4, -0.2) is 32.7 Å². The van der Waals surface area contributed by atoms with E-state index in [1.807, 2.05) is 24.3 Å². The first-order valence-corrected chi connectivity index (χ1v) is 10.3. The van der Waals surface area contributed by atoms with Crippen molar-refractivity contribution in [3.05, 3.63) is 29.8 Å². The molecule has 1 aromatic carbocycles. The molecule has 0 spiro atoms. The van der Waals surface area contributed by atoms with E-state index in [0.29, 0.717) is 31.5 Å². The van der Waals surface area contributed by atoms with Gasteiger partial charge in [0.15, 0.2) is 5.96 Å². The number of hydrogen-bond acceptors (Lipinski definition) is 3. The van der Waals surface area contributed by atoms with Crippen molar-refractivity contribution in [2.75, 3.05) is 16.6 Å². The first-order chi connectivity index (χ1) is 11.5. The van der Waals surface area contributed by atoms with Gasteiger partial charge in [-0.05, 0) is 37.0 Å². The maximum Gasteiger partial charge on any atom is 0.235 e. The summed E-state index contributed by atoms with van der Waals surface area (Å²) in [6.07, 6.45) is 6.84. The molecule has 0 aromatic heterocycles. The highest BCUT2D eigenvalue weighted by Gasteiger charge is 2.28. The largest absolute Gasteiger partial charge is 0.370 e. The van der Waals surface area contributed by atoms with E-state index in [-0.39, 0.29) is 29.7 Å². The fourth-order valence-electron chi connectivity index (χ4n) is 3.38. The van der Waals surface area contributed by atoms with Gasteiger partial charge in [0.25, 0.3) is 0 Å². The molecule has 0 atom stereocenters. The number of nitrogens with zero attached hydrogens (tertiary/aromatic N) is 2. The van der Waals surface area contributed by atoms with E-state index in [1.54, 1.807) is 0 Å². The van der Waals surface area contributed by atoms with Gasteiger partial charge >= 0.3 is 0 Å². The summed E-state index contributed by atoms with van der Waals surface area (Å²) in [4.78, 5) is 4.40. The first-order valence-electron chi connectivity index (χ1n) is 8.70. The molecule has 6 nitrogen and oxygen atoms in total. The van der Waals surface area contributed by atoms with Crippen LogP contribution >= 0.6 is 24.0 Å². The van der Waals surface area contributed by atoms with Crippen molar-refractivity contribution in [1.29, 1.82) is 0 Å². The molecule has 1 aromatic rings. The van der Waals surface area contributed by atoms with Crippen molar-refractivity contribution in [3.63, 3.8) is 0 Å². The van der Waals surface area contributed by atoms with Crippen molar-refractivity contribution in [2.24, 2.45) is 10.7 Å². The summed E-state index contributed by atoms with van der Waals surface area (Å²) < 4.78 is 25.3. The zero-order valence-electron chi connectivity index (χ0n) is 14.4. The van der Waals surface area contributed by atoms with Gasteiger partial charge in [0.2, 0.25) is 10.0 Å². The van der Waals surface area contributed by atoms with Crippen molar-refractivity contribution < 1.29 is 8.42 Å². The molecule has 1 saturated carbocycles. The number of rotatable bonds is 4. The summed E-state index contributed by atoms with van der Waals surface area (Å²) in [5.41, 5.74) is 7.72. The van der Waals surface area contributed by atoms with Crippen LogP contribution in [0.1, 0.15) is 44.1 Å². The summed E-state index contributed by atoms with van der Waals surface area (Å²) in [6, 6.07) is 7.98. The number of aliphatic imine (C=N–C) groups is 1. The van der Waals surface area contributed by atoms with Gasteiger partial charge in [-0.2, -0.15) is 0 Å². The average Bonchev–Trinajstić information content (AvgIpc) is 2.94. The molecule has 8 heteroatoms. The van der Waals surface area contributed by atoms with Crippen molar-refractivity contribution >= 4 is 45.6 Å². The highest BCUT2D eigenvalue weighted by molar-refractivity contribution is 14.0. The Morgan fingerprint density at radius 1 is 1.16 bits per heavy atom. The molecule has 140 valence electrons. The molecule has 2 fully saturated rings. The fourth-order valence-corrected chi connectivity index (χ4v) is 4.94. The molecule has 3 rings (SSSR count). The van der Waals surface area contributed by atoms with Gasteiger partial charge in [-0.15, -0.1) is 24.0 Å². The van der Waals surface area contributed by atoms with E-state index in [9.17, 15) is 8.42 Å². The summed E-state index contributed by atoms with van der Waals surface area (Å²) in [5.74, 6) is 0.732. The molecule has 0 amide bonds. The quantitative estimate of drug-likeness (QED) is 0.396. The van der Waals surface area contributed by atoms with Crippen LogP contribution in [0.15, 0.2) is 29.3 Å². The minimum atomic E-state index is -3.12. The average molecular weight is 478 g/mol. The number of halogens is 1. The molecule has 2 aliphatic rings. The van der Waals surface area contributed by atoms with E-state index < -0.39 is 10.0 Å². The minimum absolute atomic E-state index is 0. The lowest BCUT2D eigenvalue weighted by molar-refractivity contribution is 0.412. The van der Waals surface area contributed by atoms with Gasteiger partial charge in [0, 0.05) is 12.6 Å². The molecule has 1 aliphatic heterocycles. The number of guanidine groups is 1. The zero-order valence-corrected chi connectivity index (χ0v) is 17.5. The monoisotopic (exact) mass is 478 g/mol. The van der Waals surface area contributed by atoms with E-state index in [0.717, 1.165) is 24.1 Å². The first kappa shape index (κ1) is 20.3. The van der Waals surface area contributed by atoms with Crippen molar-refractivity contribution in [2.45, 2.75) is 51.1 Å². The molecule has 1 heterocycles. The Morgan fingerprint density at radius 2 is 1.84 bits per heavy atom. The standard InChI is InChI=1S/C17H26N4O2S.HI/c18-17(20-15-5-2-1-3-6-15)19-13-14-7-9-16(10-8-14)21-11-4-12-24(21,22)23;/h7-10,15H,1-6,11-13H2,(H3,18,19,20);1H.